The summed E-state index contributed by atoms with van der Waals surface area (Å²) < 4.78 is 25.0. The van der Waals surface area contributed by atoms with Crippen molar-refractivity contribution in [3.05, 3.63) is 48.5 Å². The van der Waals surface area contributed by atoms with Crippen LogP contribution in [-0.2, 0) is 14.8 Å². The van der Waals surface area contributed by atoms with Crippen LogP contribution in [0, 0.1) is 0 Å². The Hall–Kier alpha value is -3.22. The predicted molar refractivity (Wildman–Crippen MR) is 134 cm³/mol. The molecule has 0 unspecified atom stereocenters. The van der Waals surface area contributed by atoms with Gasteiger partial charge in [-0.15, -0.1) is 10.2 Å². The van der Waals surface area contributed by atoms with Gasteiger partial charge in [0.2, 0.25) is 21.1 Å². The number of sulfonamides is 1. The molecule has 1 aliphatic rings. The zero-order valence-corrected chi connectivity index (χ0v) is 20.1. The van der Waals surface area contributed by atoms with Gasteiger partial charge in [0.25, 0.3) is 0 Å². The van der Waals surface area contributed by atoms with E-state index in [-0.39, 0.29) is 11.7 Å². The summed E-state index contributed by atoms with van der Waals surface area (Å²) in [6.45, 7) is 1.94. The van der Waals surface area contributed by atoms with Crippen LogP contribution in [0.2, 0.25) is 0 Å². The van der Waals surface area contributed by atoms with Crippen molar-refractivity contribution >= 4 is 61.1 Å². The molecular weight excluding hydrogens is 474 g/mol. The minimum Gasteiger partial charge on any atom is -0.367 e. The lowest BCUT2D eigenvalue weighted by atomic mass is 10.2. The van der Waals surface area contributed by atoms with Crippen LogP contribution in [0.15, 0.2) is 53.7 Å². The maximum atomic E-state index is 12.7. The molecule has 12 heteroatoms. The Kier molecular flexibility index (Phi) is 6.11. The number of carbonyl (C=O) groups is 1. The highest BCUT2D eigenvalue weighted by Crippen LogP contribution is 2.28. The Morgan fingerprint density at radius 1 is 1.06 bits per heavy atom. The Morgan fingerprint density at radius 3 is 2.59 bits per heavy atom. The molecule has 34 heavy (non-hydrogen) atoms. The van der Waals surface area contributed by atoms with Crippen molar-refractivity contribution in [2.24, 2.45) is 0 Å². The van der Waals surface area contributed by atoms with E-state index >= 15 is 0 Å². The van der Waals surface area contributed by atoms with E-state index < -0.39 is 10.0 Å². The number of aromatic nitrogens is 4. The number of fused-ring (bicyclic) bond motifs is 3. The van der Waals surface area contributed by atoms with Crippen molar-refractivity contribution in [2.75, 3.05) is 48.4 Å². The first-order valence-electron chi connectivity index (χ1n) is 10.7. The zero-order valence-electron chi connectivity index (χ0n) is 18.4. The van der Waals surface area contributed by atoms with E-state index in [0.29, 0.717) is 48.2 Å². The molecule has 10 nitrogen and oxygen atoms in total. The van der Waals surface area contributed by atoms with Gasteiger partial charge in [0, 0.05) is 37.1 Å². The summed E-state index contributed by atoms with van der Waals surface area (Å²) in [5.41, 5.74) is 3.83. The smallest absolute Gasteiger partial charge is 0.234 e. The van der Waals surface area contributed by atoms with Gasteiger partial charge in [-0.1, -0.05) is 42.1 Å². The van der Waals surface area contributed by atoms with Gasteiger partial charge in [0.15, 0.2) is 5.65 Å². The van der Waals surface area contributed by atoms with Crippen LogP contribution in [0.1, 0.15) is 0 Å². The number of carbonyl (C=O) groups excluding carboxylic acids is 1. The highest BCUT2D eigenvalue weighted by Gasteiger charge is 2.24. The first-order valence-corrected chi connectivity index (χ1v) is 13.5. The number of piperazine rings is 1. The minimum atomic E-state index is -3.20. The number of amides is 1. The molecule has 1 fully saturated rings. The Bertz CT molecular complexity index is 1460. The molecule has 2 aromatic heterocycles. The summed E-state index contributed by atoms with van der Waals surface area (Å²) in [6, 6.07) is 15.3. The molecular formula is C22H23N7O3S2. The molecule has 1 saturated heterocycles. The Labute approximate surface area is 200 Å². The first kappa shape index (κ1) is 22.6. The van der Waals surface area contributed by atoms with Crippen molar-refractivity contribution < 1.29 is 13.2 Å². The summed E-state index contributed by atoms with van der Waals surface area (Å²) in [7, 11) is -3.20. The lowest BCUT2D eigenvalue weighted by molar-refractivity contribution is -0.113. The van der Waals surface area contributed by atoms with Crippen LogP contribution in [0.25, 0.3) is 22.1 Å². The minimum absolute atomic E-state index is 0.129. The summed E-state index contributed by atoms with van der Waals surface area (Å²) in [5.74, 6) is -0.0589. The molecule has 0 radical (unpaired) electrons. The van der Waals surface area contributed by atoms with Crippen molar-refractivity contribution in [1.29, 1.82) is 0 Å². The van der Waals surface area contributed by atoms with E-state index in [4.69, 9.17) is 0 Å². The van der Waals surface area contributed by atoms with Crippen molar-refractivity contribution in [1.82, 2.24) is 24.5 Å². The van der Waals surface area contributed by atoms with Crippen LogP contribution >= 0.6 is 11.8 Å². The third-order valence-electron chi connectivity index (χ3n) is 5.66. The molecule has 0 spiro atoms. The number of rotatable bonds is 6. The van der Waals surface area contributed by atoms with E-state index in [1.807, 2.05) is 48.5 Å². The SMILES string of the molecule is CS(=O)(=O)N1CCN(c2ccccc2NC(=O)CSc2nnc3c(n2)[nH]c2ccccc23)CC1. The molecule has 0 bridgehead atoms. The maximum absolute atomic E-state index is 12.7. The molecule has 2 aromatic carbocycles. The van der Waals surface area contributed by atoms with E-state index in [0.717, 1.165) is 16.6 Å². The van der Waals surface area contributed by atoms with Crippen LogP contribution in [0.5, 0.6) is 0 Å². The maximum Gasteiger partial charge on any atom is 0.234 e. The zero-order chi connectivity index (χ0) is 23.7. The predicted octanol–water partition coefficient (Wildman–Crippen LogP) is 2.32. The second-order valence-corrected chi connectivity index (χ2v) is 10.9. The van der Waals surface area contributed by atoms with Gasteiger partial charge < -0.3 is 15.2 Å². The molecule has 2 N–H and O–H groups in total. The number of benzene rings is 2. The van der Waals surface area contributed by atoms with Crippen molar-refractivity contribution in [3.8, 4) is 0 Å². The van der Waals surface area contributed by atoms with Gasteiger partial charge >= 0.3 is 0 Å². The number of hydrogen-bond donors (Lipinski definition) is 2. The highest BCUT2D eigenvalue weighted by atomic mass is 32.2. The fraction of sp³-hybridized carbons (Fsp3) is 0.273. The fourth-order valence-corrected chi connectivity index (χ4v) is 5.41. The van der Waals surface area contributed by atoms with Crippen LogP contribution < -0.4 is 10.2 Å². The first-order chi connectivity index (χ1) is 16.4. The summed E-state index contributed by atoms with van der Waals surface area (Å²) >= 11 is 1.21. The Morgan fingerprint density at radius 2 is 1.79 bits per heavy atom. The molecule has 0 saturated carbocycles. The molecule has 0 atom stereocenters. The van der Waals surface area contributed by atoms with Gasteiger partial charge in [-0.05, 0) is 18.2 Å². The van der Waals surface area contributed by atoms with Crippen molar-refractivity contribution in [2.45, 2.75) is 5.16 Å². The lowest BCUT2D eigenvalue weighted by Gasteiger charge is -2.35. The summed E-state index contributed by atoms with van der Waals surface area (Å²) in [6.07, 6.45) is 1.23. The quantitative estimate of drug-likeness (QED) is 0.389. The second-order valence-electron chi connectivity index (χ2n) is 7.97. The van der Waals surface area contributed by atoms with Gasteiger partial charge in [-0.25, -0.2) is 13.4 Å². The monoisotopic (exact) mass is 497 g/mol. The van der Waals surface area contributed by atoms with Crippen LogP contribution in [0.4, 0.5) is 11.4 Å². The number of para-hydroxylation sites is 3. The van der Waals surface area contributed by atoms with Crippen LogP contribution in [-0.4, -0.2) is 77.0 Å². The van der Waals surface area contributed by atoms with Crippen LogP contribution in [0.3, 0.4) is 0 Å². The molecule has 1 aliphatic heterocycles. The normalized spacial score (nSPS) is 15.1. The number of nitrogens with zero attached hydrogens (tertiary/aromatic N) is 5. The van der Waals surface area contributed by atoms with Crippen molar-refractivity contribution in [3.63, 3.8) is 0 Å². The largest absolute Gasteiger partial charge is 0.367 e. The third kappa shape index (κ3) is 4.69. The average molecular weight is 498 g/mol. The summed E-state index contributed by atoms with van der Waals surface area (Å²) in [4.78, 5) is 22.5. The summed E-state index contributed by atoms with van der Waals surface area (Å²) in [5, 5.41) is 12.8. The third-order valence-corrected chi connectivity index (χ3v) is 7.80. The molecule has 0 aliphatic carbocycles. The molecule has 4 aromatic rings. The van der Waals surface area contributed by atoms with E-state index in [1.165, 1.54) is 22.3 Å². The van der Waals surface area contributed by atoms with E-state index in [2.05, 4.69) is 30.4 Å². The number of hydrogen-bond acceptors (Lipinski definition) is 8. The van der Waals surface area contributed by atoms with Gasteiger partial charge in [0.1, 0.15) is 5.52 Å². The number of thioether (sulfide) groups is 1. The fourth-order valence-electron chi connectivity index (χ4n) is 4.00. The number of anilines is 2. The second kappa shape index (κ2) is 9.20. The highest BCUT2D eigenvalue weighted by molar-refractivity contribution is 7.99. The number of H-pyrrole nitrogens is 1. The Balaban J connectivity index is 1.24. The molecule has 176 valence electrons. The average Bonchev–Trinajstić information content (AvgIpc) is 3.20. The van der Waals surface area contributed by atoms with Gasteiger partial charge in [-0.3, -0.25) is 4.79 Å². The molecule has 3 heterocycles. The number of nitrogens with one attached hydrogen (secondary N) is 2. The van der Waals surface area contributed by atoms with Gasteiger partial charge in [0.05, 0.1) is 23.4 Å². The molecule has 1 amide bonds. The standard InChI is InChI=1S/C22H23N7O3S2/c1-34(31,32)29-12-10-28(11-13-29)18-9-5-4-8-17(18)23-19(30)14-33-22-25-21-20(26-27-22)15-6-2-3-7-16(15)24-21/h2-9H,10-14H2,1H3,(H,23,30)(H,24,25,27). The van der Waals surface area contributed by atoms with E-state index in [9.17, 15) is 13.2 Å². The van der Waals surface area contributed by atoms with Gasteiger partial charge in [-0.2, -0.15) is 4.31 Å². The topological polar surface area (TPSA) is 124 Å². The van der Waals surface area contributed by atoms with E-state index in [1.54, 1.807) is 0 Å². The number of aromatic amines is 1. The molecule has 5 rings (SSSR count). The lowest BCUT2D eigenvalue weighted by Crippen LogP contribution is -2.48.